The highest BCUT2D eigenvalue weighted by atomic mass is 16.5. The van der Waals surface area contributed by atoms with Gasteiger partial charge in [0.15, 0.2) is 11.6 Å². The molecule has 0 saturated heterocycles. The number of hydrogen-bond acceptors (Lipinski definition) is 7. The maximum Gasteiger partial charge on any atom is 0.152 e. The number of fused-ring (bicyclic) bond motifs is 1. The van der Waals surface area contributed by atoms with E-state index in [1.807, 2.05) is 48.5 Å². The molecule has 2 fully saturated rings. The van der Waals surface area contributed by atoms with E-state index in [2.05, 4.69) is 9.97 Å². The molecule has 0 radical (unpaired) electrons. The Balaban J connectivity index is 1.06. The van der Waals surface area contributed by atoms with Crippen LogP contribution in [0.2, 0.25) is 0 Å². The van der Waals surface area contributed by atoms with Crippen molar-refractivity contribution < 1.29 is 24.2 Å². The molecule has 6 rings (SSSR count). The van der Waals surface area contributed by atoms with E-state index >= 15 is 0 Å². The second-order valence-corrected chi connectivity index (χ2v) is 11.0. The van der Waals surface area contributed by atoms with Crippen molar-refractivity contribution in [3.8, 4) is 17.2 Å². The summed E-state index contributed by atoms with van der Waals surface area (Å²) in [6.45, 7) is 0.548. The summed E-state index contributed by atoms with van der Waals surface area (Å²) in [5.41, 5.74) is 0.989. The van der Waals surface area contributed by atoms with Crippen LogP contribution >= 0.6 is 0 Å². The normalized spacial score (nSPS) is 16.3. The van der Waals surface area contributed by atoms with Crippen LogP contribution in [0.25, 0.3) is 10.9 Å². The highest BCUT2D eigenvalue weighted by Gasteiger charge is 2.54. The quantitative estimate of drug-likeness (QED) is 0.170. The lowest BCUT2D eigenvalue weighted by molar-refractivity contribution is -0.133. The molecule has 2 aliphatic carbocycles. The summed E-state index contributed by atoms with van der Waals surface area (Å²) in [6.07, 6.45) is 8.29. The molecule has 2 aromatic heterocycles. The lowest BCUT2D eigenvalue weighted by Crippen LogP contribution is -2.29. The number of carbonyl (C=O) groups is 2. The first-order chi connectivity index (χ1) is 19.4. The predicted octanol–water partition coefficient (Wildman–Crippen LogP) is 5.81. The summed E-state index contributed by atoms with van der Waals surface area (Å²) < 4.78 is 12.0. The molecule has 2 aromatic carbocycles. The van der Waals surface area contributed by atoms with Gasteiger partial charge in [0.25, 0.3) is 0 Å². The van der Waals surface area contributed by atoms with Gasteiger partial charge in [-0.05, 0) is 74.4 Å². The van der Waals surface area contributed by atoms with Gasteiger partial charge < -0.3 is 14.6 Å². The zero-order chi connectivity index (χ0) is 27.6. The zero-order valence-electron chi connectivity index (χ0n) is 22.3. The van der Waals surface area contributed by atoms with Crippen molar-refractivity contribution in [2.75, 3.05) is 6.61 Å². The van der Waals surface area contributed by atoms with Crippen molar-refractivity contribution >= 4 is 22.5 Å². The van der Waals surface area contributed by atoms with E-state index in [4.69, 9.17) is 9.47 Å². The summed E-state index contributed by atoms with van der Waals surface area (Å²) in [5.74, 6) is 1.85. The Morgan fingerprint density at radius 3 is 2.35 bits per heavy atom. The number of rotatable bonds is 13. The molecule has 1 N–H and O–H groups in total. The Kier molecular flexibility index (Phi) is 7.07. The van der Waals surface area contributed by atoms with Gasteiger partial charge in [-0.2, -0.15) is 0 Å². The van der Waals surface area contributed by atoms with Crippen molar-refractivity contribution in [2.45, 2.75) is 57.0 Å². The summed E-state index contributed by atoms with van der Waals surface area (Å²) in [7, 11) is 0. The largest absolute Gasteiger partial charge is 0.494 e. The van der Waals surface area contributed by atoms with Crippen LogP contribution in [0.4, 0.5) is 0 Å². The third-order valence-electron chi connectivity index (χ3n) is 7.95. The molecular formula is C33H32N2O5. The highest BCUT2D eigenvalue weighted by molar-refractivity contribution is 6.10. The molecule has 2 saturated carbocycles. The second-order valence-electron chi connectivity index (χ2n) is 11.0. The minimum Gasteiger partial charge on any atom is -0.494 e. The van der Waals surface area contributed by atoms with E-state index < -0.39 is 11.0 Å². The van der Waals surface area contributed by atoms with Gasteiger partial charge in [0.1, 0.15) is 17.2 Å². The first kappa shape index (κ1) is 26.1. The van der Waals surface area contributed by atoms with Crippen LogP contribution in [0.3, 0.4) is 0 Å². The van der Waals surface area contributed by atoms with Crippen LogP contribution in [-0.4, -0.2) is 38.8 Å². The van der Waals surface area contributed by atoms with Crippen LogP contribution in [0.5, 0.6) is 17.2 Å². The van der Waals surface area contributed by atoms with Crippen molar-refractivity contribution in [2.24, 2.45) is 5.41 Å². The molecule has 0 spiro atoms. The number of benzene rings is 2. The second kappa shape index (κ2) is 10.8. The Morgan fingerprint density at radius 2 is 1.62 bits per heavy atom. The minimum atomic E-state index is -0.858. The SMILES string of the molecule is O=C(Cc1ccccc1)C1(C(=O)Cc2ccc(Oc3ccnc4cc(OCCCC5(O)CC5)ccc34)cn2)CC1. The molecular weight excluding hydrogens is 504 g/mol. The topological polar surface area (TPSA) is 98.6 Å². The van der Waals surface area contributed by atoms with Gasteiger partial charge in [-0.25, -0.2) is 0 Å². The smallest absolute Gasteiger partial charge is 0.152 e. The third-order valence-corrected chi connectivity index (χ3v) is 7.95. The number of aliphatic hydroxyl groups is 1. The average molecular weight is 537 g/mol. The maximum absolute atomic E-state index is 13.1. The van der Waals surface area contributed by atoms with Crippen molar-refractivity contribution in [1.82, 2.24) is 9.97 Å². The van der Waals surface area contributed by atoms with Gasteiger partial charge >= 0.3 is 0 Å². The molecule has 204 valence electrons. The maximum atomic E-state index is 13.1. The Morgan fingerprint density at radius 1 is 0.850 bits per heavy atom. The van der Waals surface area contributed by atoms with Gasteiger partial charge in [0, 0.05) is 36.2 Å². The van der Waals surface area contributed by atoms with E-state index in [0.29, 0.717) is 36.6 Å². The first-order valence-corrected chi connectivity index (χ1v) is 13.9. The van der Waals surface area contributed by atoms with Crippen LogP contribution in [0, 0.1) is 5.41 Å². The van der Waals surface area contributed by atoms with E-state index in [0.717, 1.165) is 47.9 Å². The van der Waals surface area contributed by atoms with Crippen molar-refractivity contribution in [3.63, 3.8) is 0 Å². The number of aromatic nitrogens is 2. The lowest BCUT2D eigenvalue weighted by Gasteiger charge is -2.13. The Bertz CT molecular complexity index is 1530. The molecule has 4 aromatic rings. The van der Waals surface area contributed by atoms with Crippen LogP contribution in [-0.2, 0) is 22.4 Å². The van der Waals surface area contributed by atoms with Gasteiger partial charge in [-0.1, -0.05) is 30.3 Å². The molecule has 2 heterocycles. The molecule has 40 heavy (non-hydrogen) atoms. The minimum absolute atomic E-state index is 0.00131. The molecule has 0 bridgehead atoms. The molecule has 0 atom stereocenters. The highest BCUT2D eigenvalue weighted by Crippen LogP contribution is 2.48. The van der Waals surface area contributed by atoms with E-state index in [-0.39, 0.29) is 24.4 Å². The number of Topliss-reactive ketones (excluding diaryl/α,β-unsaturated/α-hetero) is 2. The monoisotopic (exact) mass is 536 g/mol. The standard InChI is InChI=1S/C33H32N2O5/c36-30(19-23-5-2-1-3-6-23)33(15-16-33)31(37)20-24-7-8-26(22-35-24)40-29-11-17-34-28-21-25(9-10-27(28)29)39-18-4-12-32(38)13-14-32/h1-3,5-11,17,21-22,38H,4,12-16,18-20H2. The predicted molar refractivity (Wildman–Crippen MR) is 150 cm³/mol. The van der Waals surface area contributed by atoms with E-state index in [1.54, 1.807) is 30.6 Å². The summed E-state index contributed by atoms with van der Waals surface area (Å²) in [6, 6.07) is 20.6. The number of hydrogen-bond donors (Lipinski definition) is 1. The number of ketones is 2. The van der Waals surface area contributed by atoms with E-state index in [9.17, 15) is 14.7 Å². The number of pyridine rings is 2. The number of nitrogens with zero attached hydrogens (tertiary/aromatic N) is 2. The summed E-state index contributed by atoms with van der Waals surface area (Å²) in [4.78, 5) is 34.9. The Hall–Kier alpha value is -4.10. The fraction of sp³-hybridized carbons (Fsp3) is 0.333. The summed E-state index contributed by atoms with van der Waals surface area (Å²) in [5, 5.41) is 10.8. The fourth-order valence-corrected chi connectivity index (χ4v) is 5.09. The molecule has 0 unspecified atom stereocenters. The van der Waals surface area contributed by atoms with Gasteiger partial charge in [-0.3, -0.25) is 19.6 Å². The number of ether oxygens (including phenoxy) is 2. The van der Waals surface area contributed by atoms with Gasteiger partial charge in [0.2, 0.25) is 0 Å². The van der Waals surface area contributed by atoms with Gasteiger partial charge in [0.05, 0.1) is 29.3 Å². The van der Waals surface area contributed by atoms with Crippen molar-refractivity contribution in [1.29, 1.82) is 0 Å². The summed E-state index contributed by atoms with van der Waals surface area (Å²) >= 11 is 0. The number of carbonyl (C=O) groups excluding carboxylic acids is 2. The first-order valence-electron chi connectivity index (χ1n) is 13.9. The van der Waals surface area contributed by atoms with Crippen LogP contribution in [0.1, 0.15) is 49.8 Å². The van der Waals surface area contributed by atoms with E-state index in [1.165, 1.54) is 0 Å². The molecule has 0 amide bonds. The molecule has 2 aliphatic rings. The van der Waals surface area contributed by atoms with Crippen LogP contribution < -0.4 is 9.47 Å². The van der Waals surface area contributed by atoms with Crippen LogP contribution in [0.15, 0.2) is 79.1 Å². The van der Waals surface area contributed by atoms with Gasteiger partial charge in [-0.15, -0.1) is 0 Å². The molecule has 7 nitrogen and oxygen atoms in total. The molecule has 7 heteroatoms. The third kappa shape index (κ3) is 5.89. The van der Waals surface area contributed by atoms with Crippen molar-refractivity contribution in [3.05, 3.63) is 90.4 Å². The Labute approximate surface area is 233 Å². The average Bonchev–Trinajstić information content (AvgIpc) is 3.90. The zero-order valence-corrected chi connectivity index (χ0v) is 22.3. The lowest BCUT2D eigenvalue weighted by atomic mass is 9.89. The fourth-order valence-electron chi connectivity index (χ4n) is 5.09. The molecule has 0 aliphatic heterocycles.